The standard InChI is InChI=1S/C22H25N3O/c1-16-4-3-12-25(16)13-11-20-8-5-18-14-17(6-9-21(18)24-20)19-7-10-22(26-2)23-15-19/h5-10,14-16H,3-4,11-13H2,1-2H3/t16-/m1/s1. The van der Waals surface area contributed by atoms with E-state index in [1.54, 1.807) is 7.11 Å². The van der Waals surface area contributed by atoms with E-state index in [2.05, 4.69) is 47.1 Å². The van der Waals surface area contributed by atoms with Crippen LogP contribution in [0.1, 0.15) is 25.5 Å². The predicted octanol–water partition coefficient (Wildman–Crippen LogP) is 4.33. The van der Waals surface area contributed by atoms with E-state index in [0.29, 0.717) is 5.88 Å². The van der Waals surface area contributed by atoms with Gasteiger partial charge in [-0.05, 0) is 56.1 Å². The van der Waals surface area contributed by atoms with E-state index < -0.39 is 0 Å². The Morgan fingerprint density at radius 3 is 2.73 bits per heavy atom. The van der Waals surface area contributed by atoms with Crippen LogP contribution in [0.15, 0.2) is 48.7 Å². The first-order valence-corrected chi connectivity index (χ1v) is 9.37. The predicted molar refractivity (Wildman–Crippen MR) is 105 cm³/mol. The Labute approximate surface area is 154 Å². The number of ether oxygens (including phenoxy) is 1. The molecule has 1 aliphatic heterocycles. The average molecular weight is 347 g/mol. The highest BCUT2D eigenvalue weighted by Crippen LogP contribution is 2.25. The first kappa shape index (κ1) is 17.0. The normalized spacial score (nSPS) is 17.7. The zero-order valence-electron chi connectivity index (χ0n) is 15.5. The van der Waals surface area contributed by atoms with Gasteiger partial charge in [-0.2, -0.15) is 0 Å². The summed E-state index contributed by atoms with van der Waals surface area (Å²) >= 11 is 0. The van der Waals surface area contributed by atoms with Crippen LogP contribution in [0.5, 0.6) is 5.88 Å². The molecule has 0 radical (unpaired) electrons. The van der Waals surface area contributed by atoms with Gasteiger partial charge in [0.1, 0.15) is 0 Å². The van der Waals surface area contributed by atoms with Crippen LogP contribution in [-0.2, 0) is 6.42 Å². The maximum atomic E-state index is 5.13. The molecular formula is C22H25N3O. The lowest BCUT2D eigenvalue weighted by atomic mass is 10.0. The number of fused-ring (bicyclic) bond motifs is 1. The molecule has 1 atom stereocenters. The summed E-state index contributed by atoms with van der Waals surface area (Å²) in [6.07, 6.45) is 5.52. The Hall–Kier alpha value is -2.46. The maximum Gasteiger partial charge on any atom is 0.212 e. The lowest BCUT2D eigenvalue weighted by Crippen LogP contribution is -2.29. The molecule has 134 valence electrons. The Morgan fingerprint density at radius 2 is 2.00 bits per heavy atom. The second-order valence-electron chi connectivity index (χ2n) is 7.08. The maximum absolute atomic E-state index is 5.13. The van der Waals surface area contributed by atoms with Gasteiger partial charge in [-0.1, -0.05) is 12.1 Å². The van der Waals surface area contributed by atoms with Crippen molar-refractivity contribution >= 4 is 10.9 Å². The summed E-state index contributed by atoms with van der Waals surface area (Å²) < 4.78 is 5.13. The third kappa shape index (κ3) is 3.56. The van der Waals surface area contributed by atoms with E-state index in [-0.39, 0.29) is 0 Å². The number of likely N-dealkylation sites (tertiary alicyclic amines) is 1. The van der Waals surface area contributed by atoms with Crippen molar-refractivity contribution in [3.8, 4) is 17.0 Å². The van der Waals surface area contributed by atoms with Gasteiger partial charge in [0, 0.05) is 47.9 Å². The third-order valence-corrected chi connectivity index (χ3v) is 5.37. The molecule has 26 heavy (non-hydrogen) atoms. The molecule has 4 nitrogen and oxygen atoms in total. The number of nitrogens with zero attached hydrogens (tertiary/aromatic N) is 3. The molecule has 1 fully saturated rings. The second kappa shape index (κ2) is 7.42. The van der Waals surface area contributed by atoms with Crippen molar-refractivity contribution in [2.24, 2.45) is 0 Å². The Bertz CT molecular complexity index is 892. The van der Waals surface area contributed by atoms with E-state index in [1.165, 1.54) is 25.1 Å². The third-order valence-electron chi connectivity index (χ3n) is 5.37. The first-order chi connectivity index (χ1) is 12.7. The molecule has 4 heteroatoms. The van der Waals surface area contributed by atoms with Crippen molar-refractivity contribution in [1.82, 2.24) is 14.9 Å². The molecule has 0 bridgehead atoms. The minimum Gasteiger partial charge on any atom is -0.481 e. The molecule has 3 heterocycles. The van der Waals surface area contributed by atoms with Crippen molar-refractivity contribution in [1.29, 1.82) is 0 Å². The van der Waals surface area contributed by atoms with Crippen LogP contribution in [0.3, 0.4) is 0 Å². The van der Waals surface area contributed by atoms with Gasteiger partial charge in [-0.15, -0.1) is 0 Å². The molecule has 4 rings (SSSR count). The fourth-order valence-electron chi connectivity index (χ4n) is 3.74. The molecular weight excluding hydrogens is 322 g/mol. The smallest absolute Gasteiger partial charge is 0.212 e. The van der Waals surface area contributed by atoms with Crippen LogP contribution in [0.25, 0.3) is 22.0 Å². The SMILES string of the molecule is COc1ccc(-c2ccc3nc(CCN4CCC[C@H]4C)ccc3c2)cn1. The molecule has 1 aliphatic rings. The number of pyridine rings is 2. The Morgan fingerprint density at radius 1 is 1.12 bits per heavy atom. The van der Waals surface area contributed by atoms with Crippen molar-refractivity contribution in [2.45, 2.75) is 32.2 Å². The summed E-state index contributed by atoms with van der Waals surface area (Å²) in [4.78, 5) is 11.7. The van der Waals surface area contributed by atoms with E-state index >= 15 is 0 Å². The minimum atomic E-state index is 0.633. The molecule has 2 aromatic heterocycles. The summed E-state index contributed by atoms with van der Waals surface area (Å²) in [6.45, 7) is 4.67. The topological polar surface area (TPSA) is 38.2 Å². The molecule has 3 aromatic rings. The molecule has 0 saturated carbocycles. The van der Waals surface area contributed by atoms with E-state index in [1.807, 2.05) is 18.3 Å². The lowest BCUT2D eigenvalue weighted by Gasteiger charge is -2.20. The van der Waals surface area contributed by atoms with E-state index in [0.717, 1.165) is 41.0 Å². The van der Waals surface area contributed by atoms with Crippen molar-refractivity contribution in [3.05, 3.63) is 54.4 Å². The van der Waals surface area contributed by atoms with E-state index in [9.17, 15) is 0 Å². The van der Waals surface area contributed by atoms with Gasteiger partial charge in [-0.25, -0.2) is 4.98 Å². The fraction of sp³-hybridized carbons (Fsp3) is 0.364. The highest BCUT2D eigenvalue weighted by atomic mass is 16.5. The minimum absolute atomic E-state index is 0.633. The fourth-order valence-corrected chi connectivity index (χ4v) is 3.74. The summed E-state index contributed by atoms with van der Waals surface area (Å²) in [5, 5.41) is 1.16. The average Bonchev–Trinajstić information content (AvgIpc) is 3.10. The number of hydrogen-bond acceptors (Lipinski definition) is 4. The summed E-state index contributed by atoms with van der Waals surface area (Å²) in [5.74, 6) is 0.633. The largest absolute Gasteiger partial charge is 0.481 e. The van der Waals surface area contributed by atoms with Gasteiger partial charge in [-0.3, -0.25) is 4.98 Å². The van der Waals surface area contributed by atoms with Gasteiger partial charge in [0.2, 0.25) is 5.88 Å². The molecule has 1 aromatic carbocycles. The number of benzene rings is 1. The molecule has 0 unspecified atom stereocenters. The number of hydrogen-bond donors (Lipinski definition) is 0. The van der Waals surface area contributed by atoms with Crippen LogP contribution in [0.2, 0.25) is 0 Å². The van der Waals surface area contributed by atoms with Crippen LogP contribution >= 0.6 is 0 Å². The first-order valence-electron chi connectivity index (χ1n) is 9.37. The van der Waals surface area contributed by atoms with Crippen LogP contribution in [0.4, 0.5) is 0 Å². The molecule has 0 spiro atoms. The van der Waals surface area contributed by atoms with Crippen LogP contribution < -0.4 is 4.74 Å². The zero-order valence-corrected chi connectivity index (χ0v) is 15.5. The monoisotopic (exact) mass is 347 g/mol. The highest BCUT2D eigenvalue weighted by Gasteiger charge is 2.19. The van der Waals surface area contributed by atoms with Crippen molar-refractivity contribution in [2.75, 3.05) is 20.2 Å². The van der Waals surface area contributed by atoms with Crippen LogP contribution in [-0.4, -0.2) is 41.1 Å². The Kier molecular flexibility index (Phi) is 4.85. The summed E-state index contributed by atoms with van der Waals surface area (Å²) in [6, 6.07) is 15.4. The Balaban J connectivity index is 1.52. The quantitative estimate of drug-likeness (QED) is 0.688. The lowest BCUT2D eigenvalue weighted by molar-refractivity contribution is 0.271. The van der Waals surface area contributed by atoms with Crippen molar-refractivity contribution in [3.63, 3.8) is 0 Å². The zero-order chi connectivity index (χ0) is 17.9. The number of rotatable bonds is 5. The van der Waals surface area contributed by atoms with Crippen LogP contribution in [0, 0.1) is 0 Å². The number of methoxy groups -OCH3 is 1. The van der Waals surface area contributed by atoms with Gasteiger partial charge < -0.3 is 9.64 Å². The molecule has 0 amide bonds. The van der Waals surface area contributed by atoms with Crippen molar-refractivity contribution < 1.29 is 4.74 Å². The highest BCUT2D eigenvalue weighted by molar-refractivity contribution is 5.84. The molecule has 1 saturated heterocycles. The molecule has 0 aliphatic carbocycles. The number of aromatic nitrogens is 2. The second-order valence-corrected chi connectivity index (χ2v) is 7.08. The summed E-state index contributed by atoms with van der Waals surface area (Å²) in [7, 11) is 1.63. The van der Waals surface area contributed by atoms with Gasteiger partial charge >= 0.3 is 0 Å². The molecule has 0 N–H and O–H groups in total. The van der Waals surface area contributed by atoms with Gasteiger partial charge in [0.15, 0.2) is 0 Å². The van der Waals surface area contributed by atoms with Gasteiger partial charge in [0.25, 0.3) is 0 Å². The van der Waals surface area contributed by atoms with Gasteiger partial charge in [0.05, 0.1) is 12.6 Å². The summed E-state index contributed by atoms with van der Waals surface area (Å²) in [5.41, 5.74) is 4.46. The van der Waals surface area contributed by atoms with E-state index in [4.69, 9.17) is 9.72 Å².